The number of pyridine rings is 2. The van der Waals surface area contributed by atoms with E-state index < -0.39 is 5.97 Å². The highest BCUT2D eigenvalue weighted by molar-refractivity contribution is 7.17. The molecule has 0 fully saturated rings. The monoisotopic (exact) mass is 516 g/mol. The molecule has 186 valence electrons. The third kappa shape index (κ3) is 4.40. The maximum atomic E-state index is 12.5. The first-order chi connectivity index (χ1) is 18.6. The molecule has 3 aromatic carbocycles. The molecule has 0 radical (unpaired) electrons. The Morgan fingerprint density at radius 2 is 1.82 bits per heavy atom. The molecule has 6 rings (SSSR count). The lowest BCUT2D eigenvalue weighted by Crippen LogP contribution is -2.05. The van der Waals surface area contributed by atoms with E-state index in [2.05, 4.69) is 11.1 Å². The van der Waals surface area contributed by atoms with E-state index in [9.17, 15) is 9.90 Å². The van der Waals surface area contributed by atoms with Crippen LogP contribution >= 0.6 is 11.3 Å². The summed E-state index contributed by atoms with van der Waals surface area (Å²) in [6.45, 7) is 2.36. The fourth-order valence-corrected chi connectivity index (χ4v) is 5.70. The summed E-state index contributed by atoms with van der Waals surface area (Å²) in [4.78, 5) is 21.7. The number of carbonyl (C=O) groups is 1. The number of aryl methyl sites for hydroxylation is 1. The van der Waals surface area contributed by atoms with Crippen molar-refractivity contribution in [2.24, 2.45) is 0 Å². The summed E-state index contributed by atoms with van der Waals surface area (Å²) in [5.41, 5.74) is 6.55. The van der Waals surface area contributed by atoms with Crippen LogP contribution in [0.25, 0.3) is 43.4 Å². The van der Waals surface area contributed by atoms with Crippen LogP contribution in [0.5, 0.6) is 5.75 Å². The minimum absolute atomic E-state index is 0.192. The Balaban J connectivity index is 1.39. The standard InChI is InChI=1S/C32H24N2O3S/c1-2-21-13-14-28(37-18-20-9-11-22(12-10-20)23-6-5-15-33-17-23)30-25(32(35)36)16-27(34-31(21)30)26-19-38-29-8-4-3-7-24(26)29/h3-17,19H,2,18H2,1H3,(H,35,36). The van der Waals surface area contributed by atoms with Gasteiger partial charge in [-0.1, -0.05) is 61.5 Å². The summed E-state index contributed by atoms with van der Waals surface area (Å²) in [5, 5.41) is 13.9. The lowest BCUT2D eigenvalue weighted by molar-refractivity contribution is 0.0698. The number of aromatic carboxylic acids is 1. The van der Waals surface area contributed by atoms with Crippen LogP contribution in [-0.2, 0) is 13.0 Å². The minimum Gasteiger partial charge on any atom is -0.488 e. The molecule has 5 nitrogen and oxygen atoms in total. The smallest absolute Gasteiger partial charge is 0.336 e. The van der Waals surface area contributed by atoms with Gasteiger partial charge < -0.3 is 9.84 Å². The lowest BCUT2D eigenvalue weighted by atomic mass is 9.99. The van der Waals surface area contributed by atoms with Crippen LogP contribution in [0.4, 0.5) is 0 Å². The maximum absolute atomic E-state index is 12.5. The molecule has 0 saturated heterocycles. The molecule has 0 unspecified atom stereocenters. The molecular weight excluding hydrogens is 492 g/mol. The number of ether oxygens (including phenoxy) is 1. The van der Waals surface area contributed by atoms with Crippen LogP contribution in [0.3, 0.4) is 0 Å². The molecule has 3 aromatic heterocycles. The summed E-state index contributed by atoms with van der Waals surface area (Å²) >= 11 is 1.63. The number of aromatic nitrogens is 2. The van der Waals surface area contributed by atoms with Gasteiger partial charge in [-0.05, 0) is 52.9 Å². The van der Waals surface area contributed by atoms with Gasteiger partial charge in [0.2, 0.25) is 0 Å². The van der Waals surface area contributed by atoms with E-state index in [0.29, 0.717) is 29.0 Å². The quantitative estimate of drug-likeness (QED) is 0.233. The van der Waals surface area contributed by atoms with Crippen molar-refractivity contribution in [1.82, 2.24) is 9.97 Å². The molecule has 0 atom stereocenters. The van der Waals surface area contributed by atoms with Crippen molar-refractivity contribution in [1.29, 1.82) is 0 Å². The molecule has 1 N–H and O–H groups in total. The first-order valence-electron chi connectivity index (χ1n) is 12.4. The number of thiophene rings is 1. The van der Waals surface area contributed by atoms with Gasteiger partial charge in [0.15, 0.2) is 0 Å². The van der Waals surface area contributed by atoms with Crippen molar-refractivity contribution < 1.29 is 14.6 Å². The maximum Gasteiger partial charge on any atom is 0.336 e. The van der Waals surface area contributed by atoms with E-state index in [1.807, 2.05) is 85.2 Å². The number of carboxylic acids is 1. The molecular formula is C32H24N2O3S. The fraction of sp³-hybridized carbons (Fsp3) is 0.0938. The number of benzene rings is 3. The van der Waals surface area contributed by atoms with Crippen LogP contribution in [0, 0.1) is 0 Å². The van der Waals surface area contributed by atoms with Gasteiger partial charge in [-0.25, -0.2) is 9.78 Å². The molecule has 0 saturated carbocycles. The van der Waals surface area contributed by atoms with E-state index in [-0.39, 0.29) is 5.56 Å². The summed E-state index contributed by atoms with van der Waals surface area (Å²) < 4.78 is 7.37. The van der Waals surface area contributed by atoms with Gasteiger partial charge in [0.05, 0.1) is 22.2 Å². The SMILES string of the molecule is CCc1ccc(OCc2ccc(-c3cccnc3)cc2)c2c(C(=O)O)cc(-c3csc4ccccc34)nc12. The summed E-state index contributed by atoms with van der Waals surface area (Å²) in [6, 6.07) is 25.7. The van der Waals surface area contributed by atoms with Crippen LogP contribution in [0.1, 0.15) is 28.4 Å². The van der Waals surface area contributed by atoms with Gasteiger partial charge in [0, 0.05) is 33.4 Å². The van der Waals surface area contributed by atoms with Crippen LogP contribution < -0.4 is 4.74 Å². The molecule has 3 heterocycles. The fourth-order valence-electron chi connectivity index (χ4n) is 4.74. The third-order valence-electron chi connectivity index (χ3n) is 6.72. The number of rotatable bonds is 7. The van der Waals surface area contributed by atoms with E-state index in [1.165, 1.54) is 0 Å². The number of hydrogen-bond donors (Lipinski definition) is 1. The van der Waals surface area contributed by atoms with Gasteiger partial charge in [0.25, 0.3) is 0 Å². The number of hydrogen-bond acceptors (Lipinski definition) is 5. The average molecular weight is 517 g/mol. The van der Waals surface area contributed by atoms with Gasteiger partial charge in [-0.15, -0.1) is 11.3 Å². The number of fused-ring (bicyclic) bond motifs is 2. The van der Waals surface area contributed by atoms with Crippen molar-refractivity contribution in [3.05, 3.63) is 113 Å². The van der Waals surface area contributed by atoms with Crippen molar-refractivity contribution in [2.45, 2.75) is 20.0 Å². The Kier molecular flexibility index (Phi) is 6.32. The van der Waals surface area contributed by atoms with Gasteiger partial charge in [-0.3, -0.25) is 4.98 Å². The topological polar surface area (TPSA) is 72.3 Å². The van der Waals surface area contributed by atoms with Crippen molar-refractivity contribution >= 4 is 38.3 Å². The van der Waals surface area contributed by atoms with Crippen LogP contribution in [0.2, 0.25) is 0 Å². The molecule has 0 aliphatic carbocycles. The second kappa shape index (κ2) is 10.1. The van der Waals surface area contributed by atoms with E-state index >= 15 is 0 Å². The summed E-state index contributed by atoms with van der Waals surface area (Å²) in [5.74, 6) is -0.489. The Morgan fingerprint density at radius 3 is 2.58 bits per heavy atom. The molecule has 0 amide bonds. The predicted octanol–water partition coefficient (Wildman–Crippen LogP) is 8.02. The van der Waals surface area contributed by atoms with Crippen LogP contribution in [-0.4, -0.2) is 21.0 Å². The zero-order chi connectivity index (χ0) is 26.1. The predicted molar refractivity (Wildman–Crippen MR) is 153 cm³/mol. The zero-order valence-corrected chi connectivity index (χ0v) is 21.5. The molecule has 6 aromatic rings. The summed E-state index contributed by atoms with van der Waals surface area (Å²) in [7, 11) is 0. The molecule has 0 aliphatic rings. The first kappa shape index (κ1) is 23.8. The van der Waals surface area contributed by atoms with Crippen LogP contribution in [0.15, 0.2) is 96.6 Å². The second-order valence-electron chi connectivity index (χ2n) is 9.03. The Hall–Kier alpha value is -4.55. The highest BCUT2D eigenvalue weighted by atomic mass is 32.1. The third-order valence-corrected chi connectivity index (χ3v) is 7.68. The molecule has 38 heavy (non-hydrogen) atoms. The van der Waals surface area contributed by atoms with Gasteiger partial charge >= 0.3 is 5.97 Å². The Bertz CT molecular complexity index is 1780. The van der Waals surface area contributed by atoms with Crippen molar-refractivity contribution in [3.63, 3.8) is 0 Å². The summed E-state index contributed by atoms with van der Waals surface area (Å²) in [6.07, 6.45) is 4.32. The normalized spacial score (nSPS) is 11.2. The van der Waals surface area contributed by atoms with E-state index in [4.69, 9.17) is 9.72 Å². The van der Waals surface area contributed by atoms with Crippen molar-refractivity contribution in [3.8, 4) is 28.1 Å². The van der Waals surface area contributed by atoms with Gasteiger partial charge in [0.1, 0.15) is 12.4 Å². The lowest BCUT2D eigenvalue weighted by Gasteiger charge is -2.15. The highest BCUT2D eigenvalue weighted by Gasteiger charge is 2.20. The molecule has 0 spiro atoms. The second-order valence-corrected chi connectivity index (χ2v) is 9.94. The zero-order valence-electron chi connectivity index (χ0n) is 20.7. The average Bonchev–Trinajstić information content (AvgIpc) is 3.40. The molecule has 6 heteroatoms. The number of carboxylic acid groups (broad SMARTS) is 1. The first-order valence-corrected chi connectivity index (χ1v) is 13.3. The Labute approximate surface area is 224 Å². The van der Waals surface area contributed by atoms with Crippen molar-refractivity contribution in [2.75, 3.05) is 0 Å². The molecule has 0 aliphatic heterocycles. The van der Waals surface area contributed by atoms with Gasteiger partial charge in [-0.2, -0.15) is 0 Å². The minimum atomic E-state index is -1.00. The number of nitrogens with zero attached hydrogens (tertiary/aromatic N) is 2. The molecule has 0 bridgehead atoms. The highest BCUT2D eigenvalue weighted by Crippen LogP contribution is 2.38. The van der Waals surface area contributed by atoms with E-state index in [1.54, 1.807) is 23.6 Å². The Morgan fingerprint density at radius 1 is 0.974 bits per heavy atom. The largest absolute Gasteiger partial charge is 0.488 e. The van der Waals surface area contributed by atoms with E-state index in [0.717, 1.165) is 44.3 Å².